The third-order valence-electron chi connectivity index (χ3n) is 0.207. The van der Waals surface area contributed by atoms with Gasteiger partial charge < -0.3 is 4.18 Å². The van der Waals surface area contributed by atoms with Crippen LogP contribution in [0.3, 0.4) is 0 Å². The molecule has 0 amide bonds. The zero-order valence-corrected chi connectivity index (χ0v) is 5.89. The lowest BCUT2D eigenvalue weighted by Gasteiger charge is -1.88. The first-order chi connectivity index (χ1) is 3.31. The first kappa shape index (κ1) is 7.39. The SMILES string of the molecule is C=COS(=O)SS. The quantitative estimate of drug-likeness (QED) is 0.379. The zero-order valence-electron chi connectivity index (χ0n) is 3.36. The van der Waals surface area contributed by atoms with E-state index in [0.29, 0.717) is 0 Å². The average Bonchev–Trinajstić information content (AvgIpc) is 1.68. The van der Waals surface area contributed by atoms with Crippen molar-refractivity contribution in [3.8, 4) is 0 Å². The van der Waals surface area contributed by atoms with Gasteiger partial charge in [-0.15, -0.1) is 0 Å². The third kappa shape index (κ3) is 4.24. The Morgan fingerprint density at radius 1 is 2.00 bits per heavy atom. The molecule has 0 aromatic carbocycles. The smallest absolute Gasteiger partial charge is 0.281 e. The van der Waals surface area contributed by atoms with Gasteiger partial charge in [0.15, 0.2) is 0 Å². The Labute approximate surface area is 53.2 Å². The molecule has 0 aromatic rings. The summed E-state index contributed by atoms with van der Waals surface area (Å²) in [5.74, 6) is 0. The Morgan fingerprint density at radius 2 is 2.57 bits per heavy atom. The Kier molecular flexibility index (Phi) is 4.80. The monoisotopic (exact) mass is 156 g/mol. The van der Waals surface area contributed by atoms with Crippen molar-refractivity contribution in [1.29, 1.82) is 0 Å². The molecule has 0 saturated carbocycles. The highest BCUT2D eigenvalue weighted by atomic mass is 33.5. The Morgan fingerprint density at radius 3 is 2.71 bits per heavy atom. The molecule has 0 aromatic heterocycles. The number of thiol groups is 1. The van der Waals surface area contributed by atoms with Crippen molar-refractivity contribution in [2.24, 2.45) is 0 Å². The molecular formula is C2H4O2S3. The van der Waals surface area contributed by atoms with Gasteiger partial charge in [0.2, 0.25) is 0 Å². The third-order valence-corrected chi connectivity index (χ3v) is 2.32. The summed E-state index contributed by atoms with van der Waals surface area (Å²) in [5, 5.41) is 0. The molecule has 0 saturated heterocycles. The van der Waals surface area contributed by atoms with Crippen molar-refractivity contribution >= 4 is 31.6 Å². The van der Waals surface area contributed by atoms with Gasteiger partial charge in [-0.3, -0.25) is 0 Å². The van der Waals surface area contributed by atoms with Crippen LogP contribution in [0.5, 0.6) is 0 Å². The van der Waals surface area contributed by atoms with E-state index in [1.807, 2.05) is 0 Å². The second kappa shape index (κ2) is 4.55. The first-order valence-corrected chi connectivity index (χ1v) is 4.79. The molecule has 0 rings (SSSR count). The molecular weight excluding hydrogens is 152 g/mol. The maximum atomic E-state index is 10.1. The van der Waals surface area contributed by atoms with Crippen LogP contribution in [-0.4, -0.2) is 4.21 Å². The van der Waals surface area contributed by atoms with Crippen molar-refractivity contribution in [2.45, 2.75) is 0 Å². The topological polar surface area (TPSA) is 26.3 Å². The molecule has 0 heterocycles. The number of rotatable bonds is 3. The van der Waals surface area contributed by atoms with Gasteiger partial charge in [0.1, 0.15) is 0 Å². The molecule has 42 valence electrons. The van der Waals surface area contributed by atoms with Crippen molar-refractivity contribution in [3.05, 3.63) is 12.8 Å². The minimum atomic E-state index is -1.36. The van der Waals surface area contributed by atoms with Gasteiger partial charge >= 0.3 is 0 Å². The Bertz CT molecular complexity index is 81.0. The predicted molar refractivity (Wildman–Crippen MR) is 36.0 cm³/mol. The van der Waals surface area contributed by atoms with Gasteiger partial charge in [0, 0.05) is 9.83 Å². The van der Waals surface area contributed by atoms with Crippen LogP contribution in [0.4, 0.5) is 0 Å². The van der Waals surface area contributed by atoms with Gasteiger partial charge in [-0.1, -0.05) is 18.2 Å². The lowest BCUT2D eigenvalue weighted by Crippen LogP contribution is -1.76. The Hall–Kier alpha value is 0.390. The molecule has 0 spiro atoms. The van der Waals surface area contributed by atoms with Crippen LogP contribution in [0, 0.1) is 0 Å². The maximum Gasteiger partial charge on any atom is 0.281 e. The number of hydrogen-bond acceptors (Lipinski definition) is 4. The number of hydrogen-bond donors (Lipinski definition) is 1. The van der Waals surface area contributed by atoms with Crippen LogP contribution in [0.25, 0.3) is 0 Å². The molecule has 0 aliphatic rings. The van der Waals surface area contributed by atoms with E-state index in [9.17, 15) is 4.21 Å². The van der Waals surface area contributed by atoms with Crippen molar-refractivity contribution in [3.63, 3.8) is 0 Å². The summed E-state index contributed by atoms with van der Waals surface area (Å²) < 4.78 is 14.4. The summed E-state index contributed by atoms with van der Waals surface area (Å²) in [6, 6.07) is 0. The maximum absolute atomic E-state index is 10.1. The van der Waals surface area contributed by atoms with E-state index in [4.69, 9.17) is 0 Å². The molecule has 1 unspecified atom stereocenters. The normalized spacial score (nSPS) is 12.7. The zero-order chi connectivity index (χ0) is 5.70. The predicted octanol–water partition coefficient (Wildman–Crippen LogP) is 1.30. The molecule has 1 atom stereocenters. The fourth-order valence-corrected chi connectivity index (χ4v) is 0.808. The highest BCUT2D eigenvalue weighted by Crippen LogP contribution is 2.11. The molecule has 7 heavy (non-hydrogen) atoms. The average molecular weight is 156 g/mol. The van der Waals surface area contributed by atoms with E-state index in [1.54, 1.807) is 0 Å². The van der Waals surface area contributed by atoms with Crippen LogP contribution < -0.4 is 0 Å². The fourth-order valence-electron chi connectivity index (χ4n) is 0.0731. The van der Waals surface area contributed by atoms with Crippen LogP contribution in [0.15, 0.2) is 12.8 Å². The van der Waals surface area contributed by atoms with Crippen LogP contribution in [0.1, 0.15) is 0 Å². The highest BCUT2D eigenvalue weighted by Gasteiger charge is 1.89. The van der Waals surface area contributed by atoms with Crippen molar-refractivity contribution < 1.29 is 8.39 Å². The minimum Gasteiger partial charge on any atom is -0.401 e. The van der Waals surface area contributed by atoms with Crippen LogP contribution in [-0.2, 0) is 14.3 Å². The largest absolute Gasteiger partial charge is 0.401 e. The fraction of sp³-hybridized carbons (Fsp3) is 0. The summed E-state index contributed by atoms with van der Waals surface area (Å²) in [6.45, 7) is 3.19. The second-order valence-corrected chi connectivity index (χ2v) is 3.90. The standard InChI is InChI=1S/C2H4O2S3/c1-2-4-7(3)6-5/h2,5H,1H2. The van der Waals surface area contributed by atoms with Gasteiger partial charge in [0.25, 0.3) is 10.1 Å². The van der Waals surface area contributed by atoms with E-state index in [0.717, 1.165) is 16.1 Å². The van der Waals surface area contributed by atoms with Crippen LogP contribution >= 0.6 is 21.5 Å². The van der Waals surface area contributed by atoms with E-state index in [-0.39, 0.29) is 0 Å². The second-order valence-electron chi connectivity index (χ2n) is 0.542. The van der Waals surface area contributed by atoms with Crippen molar-refractivity contribution in [1.82, 2.24) is 0 Å². The molecule has 0 aliphatic carbocycles. The van der Waals surface area contributed by atoms with E-state index < -0.39 is 10.1 Å². The minimum absolute atomic E-state index is 0.823. The highest BCUT2D eigenvalue weighted by molar-refractivity contribution is 9.00. The van der Waals surface area contributed by atoms with E-state index >= 15 is 0 Å². The Balaban J connectivity index is 3.17. The first-order valence-electron chi connectivity index (χ1n) is 1.33. The van der Waals surface area contributed by atoms with Crippen LogP contribution in [0.2, 0.25) is 0 Å². The molecule has 0 N–H and O–H groups in total. The summed E-state index contributed by atoms with van der Waals surface area (Å²) in [5.41, 5.74) is 0. The van der Waals surface area contributed by atoms with Gasteiger partial charge in [-0.05, 0) is 0 Å². The van der Waals surface area contributed by atoms with Crippen molar-refractivity contribution in [2.75, 3.05) is 0 Å². The summed E-state index contributed by atoms with van der Waals surface area (Å²) >= 11 is 3.59. The molecule has 0 radical (unpaired) electrons. The summed E-state index contributed by atoms with van der Waals surface area (Å²) in [7, 11) is -0.542. The van der Waals surface area contributed by atoms with E-state index in [2.05, 4.69) is 22.4 Å². The van der Waals surface area contributed by atoms with E-state index in [1.165, 1.54) is 0 Å². The van der Waals surface area contributed by atoms with Gasteiger partial charge in [-0.25, -0.2) is 4.21 Å². The molecule has 5 heteroatoms. The van der Waals surface area contributed by atoms with Gasteiger partial charge in [-0.2, -0.15) is 0 Å². The molecule has 0 aliphatic heterocycles. The lowest BCUT2D eigenvalue weighted by molar-refractivity contribution is 0.521. The summed E-state index contributed by atoms with van der Waals surface area (Å²) in [6.07, 6.45) is 1.11. The summed E-state index contributed by atoms with van der Waals surface area (Å²) in [4.78, 5) is 0. The molecule has 0 fully saturated rings. The molecule has 0 bridgehead atoms. The molecule has 2 nitrogen and oxygen atoms in total. The lowest BCUT2D eigenvalue weighted by atomic mass is 11.2. The van der Waals surface area contributed by atoms with Gasteiger partial charge in [0.05, 0.1) is 6.26 Å².